The van der Waals surface area contributed by atoms with Crippen molar-refractivity contribution in [2.45, 2.75) is 26.2 Å². The van der Waals surface area contributed by atoms with E-state index in [1.165, 1.54) is 0 Å². The van der Waals surface area contributed by atoms with Gasteiger partial charge in [-0.15, -0.1) is 0 Å². The molecule has 1 amide bonds. The molecule has 0 saturated heterocycles. The first-order valence-corrected chi connectivity index (χ1v) is 9.74. The zero-order valence-corrected chi connectivity index (χ0v) is 17.2. The molecule has 0 fully saturated rings. The number of anilines is 1. The topological polar surface area (TPSA) is 108 Å². The molecule has 8 heteroatoms. The van der Waals surface area contributed by atoms with Gasteiger partial charge in [-0.3, -0.25) is 9.59 Å². The fraction of sp³-hybridized carbons (Fsp3) is 0.476. The maximum atomic E-state index is 12.7. The summed E-state index contributed by atoms with van der Waals surface area (Å²) in [6.45, 7) is 3.64. The van der Waals surface area contributed by atoms with Crippen LogP contribution in [0.1, 0.15) is 44.9 Å². The molecule has 1 aliphatic carbocycles. The lowest BCUT2D eigenvalue weighted by Crippen LogP contribution is -2.25. The second-order valence-electron chi connectivity index (χ2n) is 7.34. The SMILES string of the molecule is COCCCNc1cc(-n2nc(C)c3c2CC(COC)CC3=O)ccc1C(N)=O. The lowest BCUT2D eigenvalue weighted by atomic mass is 9.86. The largest absolute Gasteiger partial charge is 0.385 e. The van der Waals surface area contributed by atoms with Crippen LogP contribution in [0, 0.1) is 12.8 Å². The summed E-state index contributed by atoms with van der Waals surface area (Å²) >= 11 is 0. The van der Waals surface area contributed by atoms with E-state index < -0.39 is 5.91 Å². The fourth-order valence-corrected chi connectivity index (χ4v) is 3.87. The number of carbonyl (C=O) groups excluding carboxylic acids is 2. The van der Waals surface area contributed by atoms with Crippen LogP contribution in [-0.4, -0.2) is 55.4 Å². The Bertz CT molecular complexity index is 906. The molecule has 156 valence electrons. The first-order chi connectivity index (χ1) is 14.0. The minimum atomic E-state index is -0.500. The number of hydrogen-bond acceptors (Lipinski definition) is 6. The van der Waals surface area contributed by atoms with Crippen LogP contribution in [-0.2, 0) is 15.9 Å². The van der Waals surface area contributed by atoms with Gasteiger partial charge in [0.2, 0.25) is 0 Å². The van der Waals surface area contributed by atoms with Gasteiger partial charge in [0.1, 0.15) is 0 Å². The number of benzene rings is 1. The quantitative estimate of drug-likeness (QED) is 0.624. The van der Waals surface area contributed by atoms with Gasteiger partial charge in [-0.25, -0.2) is 4.68 Å². The molecule has 0 saturated carbocycles. The number of methoxy groups -OCH3 is 2. The smallest absolute Gasteiger partial charge is 0.250 e. The molecule has 1 heterocycles. The van der Waals surface area contributed by atoms with E-state index in [-0.39, 0.29) is 11.7 Å². The maximum absolute atomic E-state index is 12.7. The van der Waals surface area contributed by atoms with Gasteiger partial charge in [0.05, 0.1) is 28.2 Å². The molecule has 2 aromatic rings. The first-order valence-electron chi connectivity index (χ1n) is 9.74. The number of amides is 1. The summed E-state index contributed by atoms with van der Waals surface area (Å²) in [6, 6.07) is 5.35. The Kier molecular flexibility index (Phi) is 6.66. The minimum Gasteiger partial charge on any atom is -0.385 e. The van der Waals surface area contributed by atoms with Gasteiger partial charge < -0.3 is 20.5 Å². The number of primary amides is 1. The van der Waals surface area contributed by atoms with Gasteiger partial charge in [-0.2, -0.15) is 5.10 Å². The predicted octanol–water partition coefficient (Wildman–Crippen LogP) is 2.12. The summed E-state index contributed by atoms with van der Waals surface area (Å²) in [5.74, 6) is -0.269. The Morgan fingerprint density at radius 2 is 2.10 bits per heavy atom. The standard InChI is InChI=1S/C21H28N4O4/c1-13-20-18(9-14(12-29-3)10-19(20)26)25(24-13)15-5-6-16(21(22)27)17(11-15)23-7-4-8-28-2/h5-6,11,14,23H,4,7-10,12H2,1-3H3,(H2,22,27). The molecule has 8 nitrogen and oxygen atoms in total. The molecule has 1 aliphatic rings. The molecule has 0 aliphatic heterocycles. The highest BCUT2D eigenvalue weighted by Crippen LogP contribution is 2.31. The molecule has 1 atom stereocenters. The van der Waals surface area contributed by atoms with E-state index in [1.807, 2.05) is 13.0 Å². The molecule has 1 aromatic carbocycles. The molecule has 3 N–H and O–H groups in total. The van der Waals surface area contributed by atoms with Gasteiger partial charge in [0.15, 0.2) is 5.78 Å². The number of Topliss-reactive ketones (excluding diaryl/α,β-unsaturated/α-hetero) is 1. The van der Waals surface area contributed by atoms with Gasteiger partial charge in [0, 0.05) is 46.1 Å². The Balaban J connectivity index is 1.97. The number of nitrogens with zero attached hydrogens (tertiary/aromatic N) is 2. The second kappa shape index (κ2) is 9.19. The summed E-state index contributed by atoms with van der Waals surface area (Å²) < 4.78 is 12.1. The number of ketones is 1. The molecule has 1 aromatic heterocycles. The van der Waals surface area contributed by atoms with Crippen LogP contribution >= 0.6 is 0 Å². The molecule has 0 radical (unpaired) electrons. The number of hydrogen-bond donors (Lipinski definition) is 2. The summed E-state index contributed by atoms with van der Waals surface area (Å²) in [5, 5.41) is 7.88. The van der Waals surface area contributed by atoms with Gasteiger partial charge in [-0.1, -0.05) is 0 Å². The summed E-state index contributed by atoms with van der Waals surface area (Å²) in [5.41, 5.74) is 9.67. The number of fused-ring (bicyclic) bond motifs is 1. The molecule has 1 unspecified atom stereocenters. The average molecular weight is 400 g/mol. The Labute approximate surface area is 170 Å². The Hall–Kier alpha value is -2.71. The van der Waals surface area contributed by atoms with Crippen molar-refractivity contribution >= 4 is 17.4 Å². The lowest BCUT2D eigenvalue weighted by molar-refractivity contribution is 0.0882. The number of aryl methyl sites for hydroxylation is 1. The first kappa shape index (κ1) is 21.0. The molecule has 0 spiro atoms. The molecule has 29 heavy (non-hydrogen) atoms. The van der Waals surface area contributed by atoms with E-state index in [9.17, 15) is 9.59 Å². The average Bonchev–Trinajstić information content (AvgIpc) is 3.02. The Morgan fingerprint density at radius 3 is 2.79 bits per heavy atom. The van der Waals surface area contributed by atoms with Crippen LogP contribution in [0.25, 0.3) is 5.69 Å². The normalized spacial score (nSPS) is 16.0. The second-order valence-corrected chi connectivity index (χ2v) is 7.34. The van der Waals surface area contributed by atoms with Crippen LogP contribution in [0.2, 0.25) is 0 Å². The number of aromatic nitrogens is 2. The van der Waals surface area contributed by atoms with Crippen molar-refractivity contribution in [3.8, 4) is 5.69 Å². The number of rotatable bonds is 9. The summed E-state index contributed by atoms with van der Waals surface area (Å²) in [6.07, 6.45) is 1.98. The van der Waals surface area contributed by atoms with Crippen molar-refractivity contribution in [1.82, 2.24) is 9.78 Å². The third-order valence-electron chi connectivity index (χ3n) is 5.15. The highest BCUT2D eigenvalue weighted by atomic mass is 16.5. The number of carbonyl (C=O) groups is 2. The van der Waals surface area contributed by atoms with Gasteiger partial charge in [0.25, 0.3) is 5.91 Å². The van der Waals surface area contributed by atoms with E-state index in [4.69, 9.17) is 15.2 Å². The highest BCUT2D eigenvalue weighted by Gasteiger charge is 2.31. The predicted molar refractivity (Wildman–Crippen MR) is 110 cm³/mol. The zero-order valence-electron chi connectivity index (χ0n) is 17.2. The van der Waals surface area contributed by atoms with Crippen LogP contribution in [0.5, 0.6) is 0 Å². The van der Waals surface area contributed by atoms with E-state index in [0.29, 0.717) is 49.4 Å². The lowest BCUT2D eigenvalue weighted by Gasteiger charge is -2.22. The number of ether oxygens (including phenoxy) is 2. The van der Waals surface area contributed by atoms with Crippen LogP contribution < -0.4 is 11.1 Å². The third-order valence-corrected chi connectivity index (χ3v) is 5.15. The summed E-state index contributed by atoms with van der Waals surface area (Å²) in [4.78, 5) is 24.5. The van der Waals surface area contributed by atoms with Crippen molar-refractivity contribution in [3.05, 3.63) is 40.7 Å². The van der Waals surface area contributed by atoms with Crippen molar-refractivity contribution < 1.29 is 19.1 Å². The van der Waals surface area contributed by atoms with E-state index in [1.54, 1.807) is 31.0 Å². The molecular formula is C21H28N4O4. The molecule has 0 bridgehead atoms. The minimum absolute atomic E-state index is 0.101. The molecular weight excluding hydrogens is 372 g/mol. The number of nitrogens with two attached hydrogens (primary N) is 1. The zero-order chi connectivity index (χ0) is 21.0. The number of nitrogens with one attached hydrogen (secondary N) is 1. The van der Waals surface area contributed by atoms with Crippen LogP contribution in [0.3, 0.4) is 0 Å². The van der Waals surface area contributed by atoms with E-state index in [2.05, 4.69) is 10.4 Å². The van der Waals surface area contributed by atoms with Crippen LogP contribution in [0.15, 0.2) is 18.2 Å². The summed E-state index contributed by atoms with van der Waals surface area (Å²) in [7, 11) is 3.30. The fourth-order valence-electron chi connectivity index (χ4n) is 3.87. The Morgan fingerprint density at radius 1 is 1.31 bits per heavy atom. The van der Waals surface area contributed by atoms with Crippen molar-refractivity contribution in [2.24, 2.45) is 11.7 Å². The monoisotopic (exact) mass is 400 g/mol. The van der Waals surface area contributed by atoms with Crippen molar-refractivity contribution in [1.29, 1.82) is 0 Å². The van der Waals surface area contributed by atoms with E-state index in [0.717, 1.165) is 23.5 Å². The highest BCUT2D eigenvalue weighted by molar-refractivity contribution is 6.00. The van der Waals surface area contributed by atoms with Crippen LogP contribution in [0.4, 0.5) is 5.69 Å². The third kappa shape index (κ3) is 4.49. The van der Waals surface area contributed by atoms with Gasteiger partial charge >= 0.3 is 0 Å². The maximum Gasteiger partial charge on any atom is 0.250 e. The molecule has 3 rings (SSSR count). The van der Waals surface area contributed by atoms with Crippen molar-refractivity contribution in [3.63, 3.8) is 0 Å². The van der Waals surface area contributed by atoms with Crippen molar-refractivity contribution in [2.75, 3.05) is 39.3 Å². The van der Waals surface area contributed by atoms with Gasteiger partial charge in [-0.05, 0) is 43.9 Å². The van der Waals surface area contributed by atoms with E-state index >= 15 is 0 Å².